The molecule has 0 fully saturated rings. The minimum atomic E-state index is -4.78. The van der Waals surface area contributed by atoms with Crippen LogP contribution in [0.3, 0.4) is 0 Å². The molecule has 0 aliphatic heterocycles. The standard InChI is InChI=1S/C26H24N6O4S.Na/c1-15-11-17(3-9-23(15)30-29-19-5-7-20(33)8-6-19)18-4-10-24(16(2)12-18)31-32-25-14-26(37(34,35)36)22(28)13-21(25)27;/h3-14,33H,27-28H2,1-2H3,(H,34,35,36);/q;+1/p-1. The Balaban J connectivity index is 0.00000400. The van der Waals surface area contributed by atoms with Gasteiger partial charge in [-0.1, -0.05) is 12.1 Å². The molecule has 10 nitrogen and oxygen atoms in total. The van der Waals surface area contributed by atoms with E-state index in [1.807, 2.05) is 44.2 Å². The molecule has 38 heavy (non-hydrogen) atoms. The number of nitrogens with two attached hydrogens (primary N) is 2. The van der Waals surface area contributed by atoms with Crippen LogP contribution < -0.4 is 41.0 Å². The van der Waals surface area contributed by atoms with Crippen LogP contribution in [-0.4, -0.2) is 18.1 Å². The van der Waals surface area contributed by atoms with Gasteiger partial charge in [0.15, 0.2) is 0 Å². The predicted octanol–water partition coefficient (Wildman–Crippen LogP) is 3.58. The number of anilines is 2. The van der Waals surface area contributed by atoms with E-state index in [1.165, 1.54) is 6.07 Å². The van der Waals surface area contributed by atoms with Crippen molar-refractivity contribution in [2.45, 2.75) is 18.7 Å². The Labute approximate surface area is 242 Å². The van der Waals surface area contributed by atoms with Crippen molar-refractivity contribution in [3.63, 3.8) is 0 Å². The number of phenolic OH excluding ortho intramolecular Hbond substituents is 1. The van der Waals surface area contributed by atoms with Gasteiger partial charge in [0, 0.05) is 0 Å². The zero-order valence-corrected chi connectivity index (χ0v) is 23.8. The molecule has 188 valence electrons. The van der Waals surface area contributed by atoms with Gasteiger partial charge in [0.1, 0.15) is 21.6 Å². The van der Waals surface area contributed by atoms with Crippen molar-refractivity contribution >= 4 is 44.2 Å². The van der Waals surface area contributed by atoms with Crippen molar-refractivity contribution < 1.29 is 47.6 Å². The molecule has 0 atom stereocenters. The van der Waals surface area contributed by atoms with Crippen molar-refractivity contribution in [2.24, 2.45) is 20.5 Å². The summed E-state index contributed by atoms with van der Waals surface area (Å²) < 4.78 is 34.2. The number of benzene rings is 4. The normalized spacial score (nSPS) is 11.7. The summed E-state index contributed by atoms with van der Waals surface area (Å²) in [6, 6.07) is 20.1. The average Bonchev–Trinajstić information content (AvgIpc) is 2.83. The summed E-state index contributed by atoms with van der Waals surface area (Å²) in [6.07, 6.45) is 0. The molecule has 4 aromatic carbocycles. The number of rotatable bonds is 6. The second kappa shape index (κ2) is 11.8. The molecule has 4 aromatic rings. The van der Waals surface area contributed by atoms with E-state index in [4.69, 9.17) is 11.5 Å². The molecular weight excluding hydrogens is 515 g/mol. The van der Waals surface area contributed by atoms with Crippen molar-refractivity contribution in [1.29, 1.82) is 0 Å². The fraction of sp³-hybridized carbons (Fsp3) is 0.0769. The van der Waals surface area contributed by atoms with Gasteiger partial charge in [-0.2, -0.15) is 15.3 Å². The maximum Gasteiger partial charge on any atom is 1.00 e. The second-order valence-electron chi connectivity index (χ2n) is 8.32. The topological polar surface area (TPSA) is 179 Å². The van der Waals surface area contributed by atoms with Gasteiger partial charge in [0.05, 0.1) is 33.3 Å². The summed E-state index contributed by atoms with van der Waals surface area (Å²) in [5, 5.41) is 26.1. The molecule has 0 unspecified atom stereocenters. The largest absolute Gasteiger partial charge is 1.00 e. The molecule has 0 amide bonds. The Morgan fingerprint density at radius 3 is 1.68 bits per heavy atom. The molecule has 0 saturated carbocycles. The third-order valence-electron chi connectivity index (χ3n) is 5.54. The molecular formula is C26H23N6NaO4S. The van der Waals surface area contributed by atoms with Crippen molar-refractivity contribution in [3.05, 3.63) is 83.9 Å². The van der Waals surface area contributed by atoms with Crippen molar-refractivity contribution in [1.82, 2.24) is 0 Å². The molecule has 12 heteroatoms. The first-order valence-electron chi connectivity index (χ1n) is 11.0. The number of nitrogens with zero attached hydrogens (tertiary/aromatic N) is 4. The van der Waals surface area contributed by atoms with Crippen LogP contribution in [0.5, 0.6) is 5.75 Å². The second-order valence-corrected chi connectivity index (χ2v) is 9.67. The SMILES string of the molecule is Cc1cc(-c2ccc(N=Nc3cc(S(=O)(=O)[O-])c(N)cc3N)c(C)c2)ccc1N=Nc1ccc(O)cc1.[Na+]. The van der Waals surface area contributed by atoms with Gasteiger partial charge in [-0.3, -0.25) is 0 Å². The Morgan fingerprint density at radius 2 is 1.18 bits per heavy atom. The molecule has 0 saturated heterocycles. The fourth-order valence-electron chi connectivity index (χ4n) is 3.54. The van der Waals surface area contributed by atoms with Gasteiger partial charge in [-0.05, 0) is 96.8 Å². The Morgan fingerprint density at radius 1 is 0.684 bits per heavy atom. The first-order chi connectivity index (χ1) is 17.5. The van der Waals surface area contributed by atoms with E-state index in [0.717, 1.165) is 34.0 Å². The monoisotopic (exact) mass is 538 g/mol. The Hall–Kier alpha value is -3.61. The predicted molar refractivity (Wildman–Crippen MR) is 141 cm³/mol. The van der Waals surface area contributed by atoms with E-state index in [-0.39, 0.29) is 52.4 Å². The molecule has 5 N–H and O–H groups in total. The van der Waals surface area contributed by atoms with Crippen LogP contribution in [0.15, 0.2) is 98.1 Å². The summed E-state index contributed by atoms with van der Waals surface area (Å²) in [7, 11) is -4.78. The van der Waals surface area contributed by atoms with Crippen LogP contribution in [0, 0.1) is 13.8 Å². The summed E-state index contributed by atoms with van der Waals surface area (Å²) >= 11 is 0. The van der Waals surface area contributed by atoms with E-state index < -0.39 is 15.0 Å². The maximum atomic E-state index is 11.4. The summed E-state index contributed by atoms with van der Waals surface area (Å²) in [5.74, 6) is 0.167. The van der Waals surface area contributed by atoms with Gasteiger partial charge >= 0.3 is 29.6 Å². The van der Waals surface area contributed by atoms with E-state index in [1.54, 1.807) is 30.3 Å². The van der Waals surface area contributed by atoms with Gasteiger partial charge in [0.2, 0.25) is 0 Å². The quantitative estimate of drug-likeness (QED) is 0.146. The molecule has 0 spiro atoms. The zero-order valence-electron chi connectivity index (χ0n) is 21.0. The third kappa shape index (κ3) is 6.82. The van der Waals surface area contributed by atoms with Gasteiger partial charge < -0.3 is 21.1 Å². The first-order valence-corrected chi connectivity index (χ1v) is 12.4. The molecule has 0 aliphatic carbocycles. The summed E-state index contributed by atoms with van der Waals surface area (Å²) in [4.78, 5) is -0.593. The van der Waals surface area contributed by atoms with E-state index in [2.05, 4.69) is 20.5 Å². The van der Waals surface area contributed by atoms with Crippen LogP contribution in [0.25, 0.3) is 11.1 Å². The molecule has 0 radical (unpaired) electrons. The zero-order chi connectivity index (χ0) is 26.7. The first kappa shape index (κ1) is 29.0. The maximum absolute atomic E-state index is 11.4. The van der Waals surface area contributed by atoms with Crippen LogP contribution >= 0.6 is 0 Å². The van der Waals surface area contributed by atoms with E-state index in [9.17, 15) is 18.1 Å². The number of nitrogen functional groups attached to an aromatic ring is 2. The van der Waals surface area contributed by atoms with Gasteiger partial charge in [-0.15, -0.1) is 5.11 Å². The summed E-state index contributed by atoms with van der Waals surface area (Å²) in [6.45, 7) is 3.81. The van der Waals surface area contributed by atoms with Crippen LogP contribution in [-0.2, 0) is 10.1 Å². The number of hydrogen-bond donors (Lipinski definition) is 3. The number of azo groups is 2. The number of hydrogen-bond acceptors (Lipinski definition) is 10. The minimum Gasteiger partial charge on any atom is -0.744 e. The van der Waals surface area contributed by atoms with Gasteiger partial charge in [0.25, 0.3) is 0 Å². The fourth-order valence-corrected chi connectivity index (χ4v) is 4.14. The van der Waals surface area contributed by atoms with Crippen LogP contribution in [0.1, 0.15) is 11.1 Å². The molecule has 0 heterocycles. The van der Waals surface area contributed by atoms with Crippen molar-refractivity contribution in [3.8, 4) is 16.9 Å². The van der Waals surface area contributed by atoms with Gasteiger partial charge in [-0.25, -0.2) is 8.42 Å². The van der Waals surface area contributed by atoms with Crippen LogP contribution in [0.2, 0.25) is 0 Å². The molecule has 0 bridgehead atoms. The van der Waals surface area contributed by atoms with Crippen LogP contribution in [0.4, 0.5) is 34.1 Å². The van der Waals surface area contributed by atoms with E-state index in [0.29, 0.717) is 11.4 Å². The molecule has 0 aliphatic rings. The number of aryl methyl sites for hydroxylation is 2. The smallest absolute Gasteiger partial charge is 0.744 e. The van der Waals surface area contributed by atoms with Crippen molar-refractivity contribution in [2.75, 3.05) is 11.5 Å². The third-order valence-corrected chi connectivity index (χ3v) is 6.44. The Bertz CT molecular complexity index is 1660. The molecule has 4 rings (SSSR count). The number of aromatic hydroxyl groups is 1. The molecule has 0 aromatic heterocycles. The average molecular weight is 539 g/mol. The number of phenols is 1. The Kier molecular flexibility index (Phi) is 9.02. The minimum absolute atomic E-state index is 0. The van der Waals surface area contributed by atoms with E-state index >= 15 is 0 Å². The summed E-state index contributed by atoms with van der Waals surface area (Å²) in [5.41, 5.74) is 16.9.